The number of hydrogen-bond donors (Lipinski definition) is 1. The topological polar surface area (TPSA) is 58.1 Å². The summed E-state index contributed by atoms with van der Waals surface area (Å²) in [6.45, 7) is 7.11. The van der Waals surface area contributed by atoms with Crippen molar-refractivity contribution in [3.63, 3.8) is 0 Å². The van der Waals surface area contributed by atoms with E-state index in [9.17, 15) is 4.79 Å². The second-order valence-corrected chi connectivity index (χ2v) is 8.70. The molecule has 0 radical (unpaired) electrons. The number of aromatic nitrogens is 2. The van der Waals surface area contributed by atoms with Gasteiger partial charge in [-0.15, -0.1) is 0 Å². The number of rotatable bonds is 8. The summed E-state index contributed by atoms with van der Waals surface area (Å²) in [5, 5.41) is 3.09. The molecule has 0 bridgehead atoms. The zero-order valence-corrected chi connectivity index (χ0v) is 19.1. The lowest BCUT2D eigenvalue weighted by Gasteiger charge is -2.28. The van der Waals surface area contributed by atoms with Gasteiger partial charge in [-0.1, -0.05) is 61.5 Å². The Kier molecular flexibility index (Phi) is 6.96. The molecular formula is C27H32N4O. The summed E-state index contributed by atoms with van der Waals surface area (Å²) >= 11 is 0. The van der Waals surface area contributed by atoms with Crippen LogP contribution < -0.4 is 5.32 Å². The Morgan fingerprint density at radius 1 is 0.969 bits per heavy atom. The van der Waals surface area contributed by atoms with Crippen LogP contribution in [0, 0.1) is 5.41 Å². The van der Waals surface area contributed by atoms with Crippen molar-refractivity contribution in [2.24, 2.45) is 5.41 Å². The van der Waals surface area contributed by atoms with E-state index in [4.69, 9.17) is 0 Å². The number of benzene rings is 2. The standard InChI is InChI=1S/C27H32N4O/c1-3-25-29-17-22(18-30-25)19-31-15-14-27(20-31,26(32)28-4-2)16-21-10-12-24(13-11-21)23-8-6-5-7-9-23/h5-13,17-18H,3-4,14-16,19-20H2,1-2H3,(H,28,32)/t27-/m1/s1. The van der Waals surface area contributed by atoms with Gasteiger partial charge in [-0.05, 0) is 43.0 Å². The molecule has 2 heterocycles. The Morgan fingerprint density at radius 3 is 2.31 bits per heavy atom. The Labute approximate surface area is 190 Å². The minimum Gasteiger partial charge on any atom is -0.356 e. The van der Waals surface area contributed by atoms with Crippen molar-refractivity contribution in [2.45, 2.75) is 39.7 Å². The smallest absolute Gasteiger partial charge is 0.227 e. The SMILES string of the molecule is CCNC(=O)[C@@]1(Cc2ccc(-c3ccccc3)cc2)CCN(Cc2cnc(CC)nc2)C1. The average Bonchev–Trinajstić information content (AvgIpc) is 3.24. The van der Waals surface area contributed by atoms with Crippen molar-refractivity contribution in [1.82, 2.24) is 20.2 Å². The van der Waals surface area contributed by atoms with Crippen LogP contribution in [0.4, 0.5) is 0 Å². The summed E-state index contributed by atoms with van der Waals surface area (Å²) in [6.07, 6.45) is 6.27. The van der Waals surface area contributed by atoms with Gasteiger partial charge in [-0.3, -0.25) is 9.69 Å². The predicted octanol–water partition coefficient (Wildman–Crippen LogP) is 4.28. The molecule has 1 atom stereocenters. The van der Waals surface area contributed by atoms with Gasteiger partial charge in [0.2, 0.25) is 5.91 Å². The highest BCUT2D eigenvalue weighted by Crippen LogP contribution is 2.36. The van der Waals surface area contributed by atoms with Gasteiger partial charge in [-0.25, -0.2) is 9.97 Å². The van der Waals surface area contributed by atoms with Crippen LogP contribution >= 0.6 is 0 Å². The lowest BCUT2D eigenvalue weighted by atomic mass is 9.79. The van der Waals surface area contributed by atoms with Gasteiger partial charge < -0.3 is 5.32 Å². The first-order valence-electron chi connectivity index (χ1n) is 11.6. The van der Waals surface area contributed by atoms with Crippen LogP contribution in [-0.4, -0.2) is 40.4 Å². The monoisotopic (exact) mass is 428 g/mol. The van der Waals surface area contributed by atoms with E-state index in [0.29, 0.717) is 6.54 Å². The molecule has 1 N–H and O–H groups in total. The first-order valence-corrected chi connectivity index (χ1v) is 11.6. The van der Waals surface area contributed by atoms with Gasteiger partial charge in [0.25, 0.3) is 0 Å². The van der Waals surface area contributed by atoms with Gasteiger partial charge in [0, 0.05) is 44.0 Å². The molecule has 0 aliphatic carbocycles. The van der Waals surface area contributed by atoms with Gasteiger partial charge in [0.15, 0.2) is 0 Å². The van der Waals surface area contributed by atoms with Crippen molar-refractivity contribution in [3.8, 4) is 11.1 Å². The van der Waals surface area contributed by atoms with Crippen molar-refractivity contribution < 1.29 is 4.79 Å². The lowest BCUT2D eigenvalue weighted by Crippen LogP contribution is -2.44. The van der Waals surface area contributed by atoms with Crippen LogP contribution in [0.2, 0.25) is 0 Å². The summed E-state index contributed by atoms with van der Waals surface area (Å²) < 4.78 is 0. The second-order valence-electron chi connectivity index (χ2n) is 8.70. The lowest BCUT2D eigenvalue weighted by molar-refractivity contribution is -0.130. The fourth-order valence-corrected chi connectivity index (χ4v) is 4.59. The molecule has 2 aromatic carbocycles. The van der Waals surface area contributed by atoms with Crippen LogP contribution in [0.3, 0.4) is 0 Å². The van der Waals surface area contributed by atoms with Crippen LogP contribution in [0.5, 0.6) is 0 Å². The number of nitrogens with zero attached hydrogens (tertiary/aromatic N) is 3. The van der Waals surface area contributed by atoms with E-state index >= 15 is 0 Å². The number of carbonyl (C=O) groups is 1. The zero-order valence-electron chi connectivity index (χ0n) is 19.1. The molecule has 166 valence electrons. The number of aryl methyl sites for hydroxylation is 1. The number of hydrogen-bond acceptors (Lipinski definition) is 4. The predicted molar refractivity (Wildman–Crippen MR) is 128 cm³/mol. The molecular weight excluding hydrogens is 396 g/mol. The first kappa shape index (κ1) is 22.2. The third-order valence-electron chi connectivity index (χ3n) is 6.34. The molecule has 0 saturated carbocycles. The van der Waals surface area contributed by atoms with Crippen LogP contribution in [-0.2, 0) is 24.2 Å². The van der Waals surface area contributed by atoms with Crippen molar-refractivity contribution >= 4 is 5.91 Å². The number of nitrogens with one attached hydrogen (secondary N) is 1. The highest BCUT2D eigenvalue weighted by molar-refractivity contribution is 5.83. The molecule has 1 amide bonds. The molecule has 5 heteroatoms. The van der Waals surface area contributed by atoms with Crippen molar-refractivity contribution in [3.05, 3.63) is 83.9 Å². The minimum absolute atomic E-state index is 0.159. The normalized spacial score (nSPS) is 18.6. The molecule has 0 unspecified atom stereocenters. The minimum atomic E-state index is -0.408. The third kappa shape index (κ3) is 5.05. The molecule has 1 aromatic heterocycles. The van der Waals surface area contributed by atoms with Crippen molar-refractivity contribution in [2.75, 3.05) is 19.6 Å². The molecule has 4 rings (SSSR count). The van der Waals surface area contributed by atoms with Crippen molar-refractivity contribution in [1.29, 1.82) is 0 Å². The van der Waals surface area contributed by atoms with Gasteiger partial charge >= 0.3 is 0 Å². The quantitative estimate of drug-likeness (QED) is 0.582. The van der Waals surface area contributed by atoms with Gasteiger partial charge in [0.05, 0.1) is 5.41 Å². The molecule has 1 aliphatic rings. The molecule has 5 nitrogen and oxygen atoms in total. The number of carbonyl (C=O) groups excluding carboxylic acids is 1. The molecule has 1 aliphatic heterocycles. The fraction of sp³-hybridized carbons (Fsp3) is 0.370. The largest absolute Gasteiger partial charge is 0.356 e. The fourth-order valence-electron chi connectivity index (χ4n) is 4.59. The van der Waals surface area contributed by atoms with Gasteiger partial charge in [0.1, 0.15) is 5.82 Å². The average molecular weight is 429 g/mol. The second kappa shape index (κ2) is 10.0. The summed E-state index contributed by atoms with van der Waals surface area (Å²) in [4.78, 5) is 24.4. The maximum Gasteiger partial charge on any atom is 0.227 e. The Morgan fingerprint density at radius 2 is 1.66 bits per heavy atom. The van der Waals surface area contributed by atoms with Crippen LogP contribution in [0.1, 0.15) is 37.2 Å². The Bertz CT molecular complexity index is 1020. The number of likely N-dealkylation sites (tertiary alicyclic amines) is 1. The van der Waals surface area contributed by atoms with E-state index in [-0.39, 0.29) is 5.91 Å². The maximum absolute atomic E-state index is 13.2. The Balaban J connectivity index is 1.49. The molecule has 3 aromatic rings. The molecule has 0 spiro atoms. The maximum atomic E-state index is 13.2. The van der Waals surface area contributed by atoms with E-state index in [0.717, 1.165) is 50.3 Å². The highest BCUT2D eigenvalue weighted by atomic mass is 16.2. The molecule has 1 fully saturated rings. The summed E-state index contributed by atoms with van der Waals surface area (Å²) in [5.74, 6) is 1.03. The summed E-state index contributed by atoms with van der Waals surface area (Å²) in [6, 6.07) is 19.1. The summed E-state index contributed by atoms with van der Waals surface area (Å²) in [5.41, 5.74) is 4.30. The highest BCUT2D eigenvalue weighted by Gasteiger charge is 2.44. The summed E-state index contributed by atoms with van der Waals surface area (Å²) in [7, 11) is 0. The third-order valence-corrected chi connectivity index (χ3v) is 6.34. The van der Waals surface area contributed by atoms with E-state index < -0.39 is 5.41 Å². The zero-order chi connectivity index (χ0) is 22.4. The Hall–Kier alpha value is -3.05. The van der Waals surface area contributed by atoms with Crippen LogP contribution in [0.25, 0.3) is 11.1 Å². The van der Waals surface area contributed by atoms with Gasteiger partial charge in [-0.2, -0.15) is 0 Å². The van der Waals surface area contributed by atoms with E-state index in [1.165, 1.54) is 16.7 Å². The first-order chi connectivity index (χ1) is 15.6. The molecule has 1 saturated heterocycles. The van der Waals surface area contributed by atoms with Crippen LogP contribution in [0.15, 0.2) is 67.0 Å². The van der Waals surface area contributed by atoms with E-state index in [2.05, 4.69) is 75.6 Å². The molecule has 32 heavy (non-hydrogen) atoms. The van der Waals surface area contributed by atoms with E-state index in [1.807, 2.05) is 25.4 Å². The number of amides is 1. The van der Waals surface area contributed by atoms with E-state index in [1.54, 1.807) is 0 Å².